The van der Waals surface area contributed by atoms with Crippen molar-refractivity contribution >= 4 is 17.3 Å². The number of carbonyl (C=O) groups is 2. The third-order valence-electron chi connectivity index (χ3n) is 6.87. The van der Waals surface area contributed by atoms with Crippen LogP contribution in [0.2, 0.25) is 0 Å². The number of rotatable bonds is 5. The van der Waals surface area contributed by atoms with Gasteiger partial charge in [0.2, 0.25) is 5.91 Å². The molecule has 3 unspecified atom stereocenters. The van der Waals surface area contributed by atoms with Gasteiger partial charge < -0.3 is 10.6 Å². The maximum Gasteiger partial charge on any atom is 0.248 e. The van der Waals surface area contributed by atoms with Crippen LogP contribution in [0, 0.1) is 11.3 Å². The van der Waals surface area contributed by atoms with Crippen molar-refractivity contribution in [2.24, 2.45) is 11.3 Å². The van der Waals surface area contributed by atoms with E-state index in [9.17, 15) is 14.8 Å². The van der Waals surface area contributed by atoms with Crippen LogP contribution in [0.5, 0.6) is 0 Å². The summed E-state index contributed by atoms with van der Waals surface area (Å²) in [6.07, 6.45) is 5.58. The van der Waals surface area contributed by atoms with E-state index in [1.165, 1.54) is 11.1 Å². The molecule has 1 aliphatic carbocycles. The lowest BCUT2D eigenvalue weighted by Gasteiger charge is -2.37. The summed E-state index contributed by atoms with van der Waals surface area (Å²) in [5, 5.41) is 15.8. The Morgan fingerprint density at radius 3 is 2.72 bits per heavy atom. The molecule has 29 heavy (non-hydrogen) atoms. The van der Waals surface area contributed by atoms with Gasteiger partial charge in [-0.05, 0) is 53.7 Å². The molecule has 0 aromatic heterocycles. The summed E-state index contributed by atoms with van der Waals surface area (Å²) >= 11 is 0. The number of hydrogen-bond acceptors (Lipinski definition) is 5. The molecule has 0 bridgehead atoms. The molecule has 3 aliphatic rings. The molecule has 2 heterocycles. The van der Waals surface area contributed by atoms with Crippen molar-refractivity contribution in [3.05, 3.63) is 41.5 Å². The second-order valence-corrected chi connectivity index (χ2v) is 9.22. The van der Waals surface area contributed by atoms with E-state index in [2.05, 4.69) is 54.8 Å². The first-order chi connectivity index (χ1) is 13.9. The van der Waals surface area contributed by atoms with E-state index in [-0.39, 0.29) is 17.2 Å². The second kappa shape index (κ2) is 8.01. The van der Waals surface area contributed by atoms with Crippen LogP contribution in [0.3, 0.4) is 0 Å². The number of carbonyl (C=O) groups excluding carboxylic acids is 2. The molecule has 1 amide bonds. The van der Waals surface area contributed by atoms with Gasteiger partial charge >= 0.3 is 0 Å². The van der Waals surface area contributed by atoms with Crippen molar-refractivity contribution in [2.45, 2.75) is 57.5 Å². The van der Waals surface area contributed by atoms with Crippen molar-refractivity contribution < 1.29 is 14.8 Å². The molecular formula is C23H31N3O3. The molecular weight excluding hydrogens is 366 g/mol. The maximum atomic E-state index is 13.4. The molecule has 1 saturated heterocycles. The lowest BCUT2D eigenvalue weighted by atomic mass is 9.78. The first kappa shape index (κ1) is 20.3. The normalized spacial score (nSPS) is 28.1. The molecule has 4 N–H and O–H groups in total. The van der Waals surface area contributed by atoms with Crippen LogP contribution < -0.4 is 16.1 Å². The second-order valence-electron chi connectivity index (χ2n) is 9.22. The number of nitrogens with one attached hydrogen (secondary N) is 3. The average Bonchev–Trinajstić information content (AvgIpc) is 3.51. The quantitative estimate of drug-likeness (QED) is 0.452. The fraction of sp³-hybridized carbons (Fsp3) is 0.565. The summed E-state index contributed by atoms with van der Waals surface area (Å²) in [7, 11) is 0. The molecule has 6 heteroatoms. The Bertz CT molecular complexity index is 828. The van der Waals surface area contributed by atoms with Gasteiger partial charge in [0.15, 0.2) is 5.78 Å². The highest BCUT2D eigenvalue weighted by atomic mass is 16.5. The van der Waals surface area contributed by atoms with E-state index >= 15 is 0 Å². The summed E-state index contributed by atoms with van der Waals surface area (Å²) in [5.41, 5.74) is 5.53. The number of ketones is 1. The van der Waals surface area contributed by atoms with Gasteiger partial charge in [-0.3, -0.25) is 14.8 Å². The van der Waals surface area contributed by atoms with E-state index in [1.807, 2.05) is 0 Å². The minimum absolute atomic E-state index is 0.0136. The largest absolute Gasteiger partial charge is 0.306 e. The monoisotopic (exact) mass is 397 g/mol. The number of hydroxylamine groups is 1. The van der Waals surface area contributed by atoms with Crippen LogP contribution in [-0.4, -0.2) is 42.1 Å². The van der Waals surface area contributed by atoms with Gasteiger partial charge in [0, 0.05) is 13.1 Å². The van der Waals surface area contributed by atoms with Gasteiger partial charge in [-0.25, -0.2) is 5.48 Å². The Morgan fingerprint density at radius 2 is 2.03 bits per heavy atom. The maximum absolute atomic E-state index is 13.4. The third-order valence-corrected chi connectivity index (χ3v) is 6.87. The van der Waals surface area contributed by atoms with Gasteiger partial charge in [-0.1, -0.05) is 44.2 Å². The summed E-state index contributed by atoms with van der Waals surface area (Å²) in [6, 6.07) is 7.62. The van der Waals surface area contributed by atoms with Crippen LogP contribution >= 0.6 is 0 Å². The summed E-state index contributed by atoms with van der Waals surface area (Å²) < 4.78 is 0. The molecule has 2 aliphatic heterocycles. The van der Waals surface area contributed by atoms with E-state index in [0.29, 0.717) is 25.3 Å². The van der Waals surface area contributed by atoms with Crippen LogP contribution in [0.15, 0.2) is 30.3 Å². The van der Waals surface area contributed by atoms with E-state index in [0.717, 1.165) is 24.9 Å². The molecule has 1 saturated carbocycles. The lowest BCUT2D eigenvalue weighted by molar-refractivity contribution is -0.140. The molecule has 0 radical (unpaired) electrons. The van der Waals surface area contributed by atoms with E-state index in [1.54, 1.807) is 5.48 Å². The topological polar surface area (TPSA) is 90.5 Å². The van der Waals surface area contributed by atoms with E-state index < -0.39 is 17.9 Å². The zero-order valence-corrected chi connectivity index (χ0v) is 17.2. The van der Waals surface area contributed by atoms with Gasteiger partial charge in [0.05, 0.1) is 18.0 Å². The minimum atomic E-state index is -0.563. The van der Waals surface area contributed by atoms with Crippen LogP contribution in [0.4, 0.5) is 0 Å². The van der Waals surface area contributed by atoms with Gasteiger partial charge in [0.1, 0.15) is 0 Å². The van der Waals surface area contributed by atoms with Gasteiger partial charge in [-0.2, -0.15) is 0 Å². The molecule has 1 aromatic rings. The summed E-state index contributed by atoms with van der Waals surface area (Å²) in [5.74, 6) is -0.518. The molecule has 156 valence electrons. The fourth-order valence-electron chi connectivity index (χ4n) is 4.76. The predicted octanol–water partition coefficient (Wildman–Crippen LogP) is 2.39. The van der Waals surface area contributed by atoms with Crippen molar-refractivity contribution in [3.63, 3.8) is 0 Å². The first-order valence-corrected chi connectivity index (χ1v) is 10.7. The molecule has 1 aromatic carbocycles. The van der Waals surface area contributed by atoms with Crippen LogP contribution in [0.1, 0.15) is 56.6 Å². The van der Waals surface area contributed by atoms with Crippen LogP contribution in [0.25, 0.3) is 5.57 Å². The Hall–Kier alpha value is -2.02. The Balaban J connectivity index is 1.49. The van der Waals surface area contributed by atoms with E-state index in [4.69, 9.17) is 0 Å². The Morgan fingerprint density at radius 1 is 1.24 bits per heavy atom. The fourth-order valence-corrected chi connectivity index (χ4v) is 4.76. The smallest absolute Gasteiger partial charge is 0.248 e. The molecule has 1 spiro atoms. The number of Topliss-reactive ketones (excluding diaryl/α,β-unsaturated/α-hetero) is 1. The molecule has 6 nitrogen and oxygen atoms in total. The number of benzene rings is 1. The lowest BCUT2D eigenvalue weighted by Crippen LogP contribution is -2.59. The molecule has 2 fully saturated rings. The van der Waals surface area contributed by atoms with Crippen molar-refractivity contribution in [3.8, 4) is 0 Å². The summed E-state index contributed by atoms with van der Waals surface area (Å²) in [6.45, 7) is 5.75. The number of hydrogen-bond donors (Lipinski definition) is 4. The third kappa shape index (κ3) is 4.15. The van der Waals surface area contributed by atoms with Crippen molar-refractivity contribution in [2.75, 3.05) is 13.1 Å². The summed E-state index contributed by atoms with van der Waals surface area (Å²) in [4.78, 5) is 25.6. The Kier molecular flexibility index (Phi) is 5.60. The SMILES string of the molecule is CC(C)c1cccc(C2=CCNC(C(=O)C3NCC4(CC4)CC3C(=O)NO)C2)c1. The zero-order chi connectivity index (χ0) is 20.6. The highest BCUT2D eigenvalue weighted by molar-refractivity contribution is 5.96. The van der Waals surface area contributed by atoms with Gasteiger partial charge in [0.25, 0.3) is 0 Å². The highest BCUT2D eigenvalue weighted by Crippen LogP contribution is 2.52. The highest BCUT2D eigenvalue weighted by Gasteiger charge is 2.52. The average molecular weight is 398 g/mol. The first-order valence-electron chi connectivity index (χ1n) is 10.7. The number of piperidine rings is 1. The van der Waals surface area contributed by atoms with Crippen molar-refractivity contribution in [1.29, 1.82) is 0 Å². The minimum Gasteiger partial charge on any atom is -0.306 e. The predicted molar refractivity (Wildman–Crippen MR) is 111 cm³/mol. The van der Waals surface area contributed by atoms with Crippen LogP contribution in [-0.2, 0) is 9.59 Å². The van der Waals surface area contributed by atoms with Gasteiger partial charge in [-0.15, -0.1) is 0 Å². The standard InChI is InChI=1S/C23H31N3O3/c1-14(2)15-4-3-5-16(10-15)17-6-9-24-19(11-17)21(27)20-18(22(28)26-29)12-23(7-8-23)13-25-20/h3-6,10,14,18-20,24-25,29H,7-9,11-13H2,1-2H3,(H,26,28). The van der Waals surface area contributed by atoms with Crippen molar-refractivity contribution in [1.82, 2.24) is 16.1 Å². The Labute approximate surface area is 172 Å². The molecule has 3 atom stereocenters. The number of amides is 1. The molecule has 4 rings (SSSR count). The zero-order valence-electron chi connectivity index (χ0n) is 17.2.